The zero-order valence-corrected chi connectivity index (χ0v) is 14.9. The van der Waals surface area contributed by atoms with E-state index in [2.05, 4.69) is 20.4 Å². The van der Waals surface area contributed by atoms with Crippen molar-refractivity contribution in [3.05, 3.63) is 30.1 Å². The molecule has 2 fully saturated rings. The van der Waals surface area contributed by atoms with Gasteiger partial charge in [0.25, 0.3) is 0 Å². The molecule has 8 heteroatoms. The Hall–Kier alpha value is -2.19. The van der Waals surface area contributed by atoms with Gasteiger partial charge >= 0.3 is 11.8 Å². The first-order valence-electron chi connectivity index (χ1n) is 9.14. The Bertz CT molecular complexity index is 611. The number of hydrogen-bond acceptors (Lipinski definition) is 5. The van der Waals surface area contributed by atoms with E-state index in [0.29, 0.717) is 32.7 Å². The SMILES string of the molecule is O=C(NCCN1CCNCC1)C(=O)N1CCN(c2ccc(F)cc2)CC1. The standard InChI is InChI=1S/C18H26FN5O2/c19-15-1-3-16(4-2-15)23-11-13-24(14-12-23)18(26)17(25)21-7-10-22-8-5-20-6-9-22/h1-4,20H,5-14H2,(H,21,25). The first kappa shape index (κ1) is 18.6. The van der Waals surface area contributed by atoms with Gasteiger partial charge in [-0.05, 0) is 24.3 Å². The van der Waals surface area contributed by atoms with Crippen LogP contribution >= 0.6 is 0 Å². The van der Waals surface area contributed by atoms with Gasteiger partial charge in [0.1, 0.15) is 5.82 Å². The molecular formula is C18H26FN5O2. The van der Waals surface area contributed by atoms with Crippen LogP contribution in [0.25, 0.3) is 0 Å². The fraction of sp³-hybridized carbons (Fsp3) is 0.556. The van der Waals surface area contributed by atoms with Gasteiger partial charge in [-0.15, -0.1) is 0 Å². The summed E-state index contributed by atoms with van der Waals surface area (Å²) in [5.74, 6) is -1.26. The molecule has 1 aromatic rings. The summed E-state index contributed by atoms with van der Waals surface area (Å²) in [6.07, 6.45) is 0. The maximum atomic E-state index is 13.0. The van der Waals surface area contributed by atoms with Crippen molar-refractivity contribution in [2.45, 2.75) is 0 Å². The van der Waals surface area contributed by atoms with E-state index in [0.717, 1.165) is 38.4 Å². The molecule has 2 saturated heterocycles. The lowest BCUT2D eigenvalue weighted by Crippen LogP contribution is -2.53. The zero-order valence-electron chi connectivity index (χ0n) is 14.9. The molecule has 2 aliphatic rings. The number of rotatable bonds is 4. The van der Waals surface area contributed by atoms with Crippen molar-refractivity contribution >= 4 is 17.5 Å². The van der Waals surface area contributed by atoms with Crippen LogP contribution in [0.5, 0.6) is 0 Å². The van der Waals surface area contributed by atoms with Crippen LogP contribution in [0, 0.1) is 5.82 Å². The van der Waals surface area contributed by atoms with Crippen LogP contribution < -0.4 is 15.5 Å². The maximum Gasteiger partial charge on any atom is 0.312 e. The molecule has 2 heterocycles. The summed E-state index contributed by atoms with van der Waals surface area (Å²) in [5.41, 5.74) is 0.930. The van der Waals surface area contributed by atoms with E-state index in [1.807, 2.05) is 0 Å². The lowest BCUT2D eigenvalue weighted by atomic mass is 10.2. The van der Waals surface area contributed by atoms with Gasteiger partial charge in [0.2, 0.25) is 0 Å². The number of carbonyl (C=O) groups is 2. The van der Waals surface area contributed by atoms with Gasteiger partial charge in [-0.2, -0.15) is 0 Å². The third kappa shape index (κ3) is 4.92. The summed E-state index contributed by atoms with van der Waals surface area (Å²) in [5, 5.41) is 6.01. The molecular weight excluding hydrogens is 337 g/mol. The third-order valence-corrected chi connectivity index (χ3v) is 4.88. The van der Waals surface area contributed by atoms with Gasteiger partial charge in [-0.1, -0.05) is 0 Å². The number of carbonyl (C=O) groups excluding carboxylic acids is 2. The van der Waals surface area contributed by atoms with Gasteiger partial charge in [0.15, 0.2) is 0 Å². The molecule has 0 unspecified atom stereocenters. The van der Waals surface area contributed by atoms with Gasteiger partial charge in [-0.3, -0.25) is 14.5 Å². The Morgan fingerprint density at radius 1 is 1.00 bits per heavy atom. The Labute approximate surface area is 153 Å². The van der Waals surface area contributed by atoms with Crippen LogP contribution in [0.3, 0.4) is 0 Å². The maximum absolute atomic E-state index is 13.0. The molecule has 26 heavy (non-hydrogen) atoms. The summed E-state index contributed by atoms with van der Waals surface area (Å²) in [6.45, 7) is 7.35. The fourth-order valence-corrected chi connectivity index (χ4v) is 3.30. The fourth-order valence-electron chi connectivity index (χ4n) is 3.30. The molecule has 2 N–H and O–H groups in total. The molecule has 0 bridgehead atoms. The topological polar surface area (TPSA) is 67.9 Å². The first-order chi connectivity index (χ1) is 12.6. The van der Waals surface area contributed by atoms with Gasteiger partial charge in [0.05, 0.1) is 0 Å². The van der Waals surface area contributed by atoms with Crippen molar-refractivity contribution in [1.82, 2.24) is 20.4 Å². The van der Waals surface area contributed by atoms with E-state index >= 15 is 0 Å². The van der Waals surface area contributed by atoms with Crippen LogP contribution in [0.15, 0.2) is 24.3 Å². The van der Waals surface area contributed by atoms with Gasteiger partial charge in [-0.25, -0.2) is 4.39 Å². The van der Waals surface area contributed by atoms with Crippen molar-refractivity contribution in [3.8, 4) is 0 Å². The van der Waals surface area contributed by atoms with Gasteiger partial charge < -0.3 is 20.4 Å². The highest BCUT2D eigenvalue weighted by molar-refractivity contribution is 6.35. The number of anilines is 1. The van der Waals surface area contributed by atoms with Gasteiger partial charge in [0, 0.05) is 71.1 Å². The predicted octanol–water partition coefficient (Wildman–Crippen LogP) is -0.504. The Kier molecular flexibility index (Phi) is 6.40. The number of nitrogens with one attached hydrogen (secondary N) is 2. The zero-order chi connectivity index (χ0) is 18.4. The predicted molar refractivity (Wildman–Crippen MR) is 97.5 cm³/mol. The lowest BCUT2D eigenvalue weighted by Gasteiger charge is -2.35. The normalized spacial score (nSPS) is 18.7. The molecule has 0 radical (unpaired) electrons. The van der Waals surface area contributed by atoms with Crippen LogP contribution in [0.2, 0.25) is 0 Å². The van der Waals surface area contributed by atoms with E-state index in [9.17, 15) is 14.0 Å². The lowest BCUT2D eigenvalue weighted by molar-refractivity contribution is -0.146. The van der Waals surface area contributed by atoms with E-state index < -0.39 is 11.8 Å². The quantitative estimate of drug-likeness (QED) is 0.706. The van der Waals surface area contributed by atoms with E-state index in [-0.39, 0.29) is 5.82 Å². The number of halogens is 1. The number of nitrogens with zero attached hydrogens (tertiary/aromatic N) is 3. The number of amides is 2. The van der Waals surface area contributed by atoms with E-state index in [4.69, 9.17) is 0 Å². The summed E-state index contributed by atoms with van der Waals surface area (Å²) in [6, 6.07) is 6.32. The van der Waals surface area contributed by atoms with E-state index in [1.54, 1.807) is 17.0 Å². The van der Waals surface area contributed by atoms with Crippen molar-refractivity contribution in [2.24, 2.45) is 0 Å². The monoisotopic (exact) mass is 363 g/mol. The smallest absolute Gasteiger partial charge is 0.312 e. The minimum absolute atomic E-state index is 0.264. The molecule has 0 saturated carbocycles. The third-order valence-electron chi connectivity index (χ3n) is 4.88. The second kappa shape index (κ2) is 8.95. The second-order valence-electron chi connectivity index (χ2n) is 6.60. The molecule has 2 aliphatic heterocycles. The molecule has 142 valence electrons. The molecule has 1 aromatic carbocycles. The average molecular weight is 363 g/mol. The Balaban J connectivity index is 1.39. The summed E-state index contributed by atoms with van der Waals surface area (Å²) >= 11 is 0. The first-order valence-corrected chi connectivity index (χ1v) is 9.14. The highest BCUT2D eigenvalue weighted by Gasteiger charge is 2.26. The molecule has 0 aromatic heterocycles. The highest BCUT2D eigenvalue weighted by Crippen LogP contribution is 2.16. The van der Waals surface area contributed by atoms with Crippen LogP contribution in [-0.2, 0) is 9.59 Å². The molecule has 3 rings (SSSR count). The molecule has 2 amide bonds. The molecule has 0 spiro atoms. The number of benzene rings is 1. The second-order valence-corrected chi connectivity index (χ2v) is 6.60. The van der Waals surface area contributed by atoms with Crippen molar-refractivity contribution in [3.63, 3.8) is 0 Å². The summed E-state index contributed by atoms with van der Waals surface area (Å²) in [7, 11) is 0. The Morgan fingerprint density at radius 2 is 1.65 bits per heavy atom. The van der Waals surface area contributed by atoms with Crippen molar-refractivity contribution in [2.75, 3.05) is 70.3 Å². The van der Waals surface area contributed by atoms with Crippen molar-refractivity contribution < 1.29 is 14.0 Å². The minimum atomic E-state index is -0.532. The van der Waals surface area contributed by atoms with Crippen LogP contribution in [-0.4, -0.2) is 87.1 Å². The summed E-state index contributed by atoms with van der Waals surface area (Å²) < 4.78 is 13.0. The van der Waals surface area contributed by atoms with Crippen LogP contribution in [0.1, 0.15) is 0 Å². The molecule has 0 atom stereocenters. The Morgan fingerprint density at radius 3 is 2.31 bits per heavy atom. The largest absolute Gasteiger partial charge is 0.368 e. The van der Waals surface area contributed by atoms with Crippen LogP contribution in [0.4, 0.5) is 10.1 Å². The number of hydrogen-bond donors (Lipinski definition) is 2. The minimum Gasteiger partial charge on any atom is -0.368 e. The highest BCUT2D eigenvalue weighted by atomic mass is 19.1. The average Bonchev–Trinajstić information content (AvgIpc) is 2.69. The molecule has 0 aliphatic carbocycles. The van der Waals surface area contributed by atoms with Crippen molar-refractivity contribution in [1.29, 1.82) is 0 Å². The number of piperazine rings is 2. The molecule has 7 nitrogen and oxygen atoms in total. The van der Waals surface area contributed by atoms with E-state index in [1.165, 1.54) is 12.1 Å². The summed E-state index contributed by atoms with van der Waals surface area (Å²) in [4.78, 5) is 30.3.